The molecule has 4 fully saturated rings. The molecule has 5 aromatic rings. The first-order valence-corrected chi connectivity index (χ1v) is 26.6. The van der Waals surface area contributed by atoms with Gasteiger partial charge in [0.1, 0.15) is 29.4 Å². The van der Waals surface area contributed by atoms with Gasteiger partial charge < -0.3 is 35.3 Å². The smallest absolute Gasteiger partial charge is 0.287 e. The van der Waals surface area contributed by atoms with Crippen LogP contribution in [0.4, 0.5) is 17.1 Å². The number of carbonyl (C=O) groups is 1. The Balaban J connectivity index is 0.819. The van der Waals surface area contributed by atoms with Gasteiger partial charge in [0, 0.05) is 68.5 Å². The minimum atomic E-state index is -4.47. The fourth-order valence-electron chi connectivity index (χ4n) is 10.8. The van der Waals surface area contributed by atoms with E-state index in [1.165, 1.54) is 48.9 Å². The number of nitrogen functional groups attached to an aromatic ring is 1. The number of sulfone groups is 1. The lowest BCUT2D eigenvalue weighted by Crippen LogP contribution is -2.55. The van der Waals surface area contributed by atoms with Gasteiger partial charge in [0.2, 0.25) is 0 Å². The molecule has 16 nitrogen and oxygen atoms in total. The predicted molar refractivity (Wildman–Crippen MR) is 255 cm³/mol. The molecule has 18 heteroatoms. The molecule has 7 heterocycles. The molecular weight excluding hydrogens is 879 g/mol. The summed E-state index contributed by atoms with van der Waals surface area (Å²) in [5.41, 5.74) is 11.5. The lowest BCUT2D eigenvalue weighted by atomic mass is 9.59. The monoisotopic (exact) mass is 937 g/mol. The number of aromatic amines is 1. The molecule has 10 rings (SSSR count). The average molecular weight is 938 g/mol. The number of nitrogens with two attached hydrogens (primary N) is 1. The first kappa shape index (κ1) is 44.4. The van der Waals surface area contributed by atoms with Crippen molar-refractivity contribution in [2.45, 2.75) is 87.7 Å². The SMILES string of the molecule is CC(C)c1ccccc1[C@@H]1CCCN1C1CC2(CCN(c3cnc(C(=O)NS(=O)(=O)c4cc(N)c5c(c4)OC[C@H](CCN4CCS(=O)(=O)CC4)N5)c(Oc4cnc5[nH]ccc5c4)c3)CC2)C1. The number of benzene rings is 2. The lowest BCUT2D eigenvalue weighted by Gasteiger charge is -2.56. The standard InChI is InChI=1S/C48H59N9O7S2/c1-31(2)38-6-3-4-7-39(38)41-8-5-14-57(41)35-26-48(27-35)11-16-56(17-12-48)34-23-43(64-36-22-32-9-13-50-46(32)52-29-36)45(51-28-34)47(58)54-66(61,62)37-24-40(49)44-42(25-37)63-30-33(53-44)10-15-55-18-20-65(59,60)21-19-55/h3-4,6-7,9,13,22-25,28-29,31,33,35,41,53H,5,8,10-12,14-21,26-27,30,49H2,1-2H3,(H,50,52)(H,54,58)/t33-,41-/m0/s1. The molecular formula is C48H59N9O7S2. The Bertz CT molecular complexity index is 2840. The number of anilines is 3. The van der Waals surface area contributed by atoms with E-state index >= 15 is 0 Å². The van der Waals surface area contributed by atoms with Gasteiger partial charge in [-0.1, -0.05) is 38.1 Å². The molecule has 5 N–H and O–H groups in total. The van der Waals surface area contributed by atoms with Gasteiger partial charge >= 0.3 is 0 Å². The second-order valence-electron chi connectivity index (χ2n) is 19.2. The molecule has 3 aromatic heterocycles. The van der Waals surface area contributed by atoms with Crippen molar-refractivity contribution in [1.82, 2.24) is 29.5 Å². The molecule has 66 heavy (non-hydrogen) atoms. The number of nitrogens with one attached hydrogen (secondary N) is 3. The molecule has 1 spiro atoms. The fraction of sp³-hybridized carbons (Fsp3) is 0.479. The van der Waals surface area contributed by atoms with E-state index in [2.05, 4.69) is 77.8 Å². The number of H-pyrrole nitrogens is 1. The summed E-state index contributed by atoms with van der Waals surface area (Å²) < 4.78 is 66.0. The number of likely N-dealkylation sites (tertiary alicyclic amines) is 1. The Morgan fingerprint density at radius 3 is 2.59 bits per heavy atom. The van der Waals surface area contributed by atoms with Crippen molar-refractivity contribution in [3.8, 4) is 17.2 Å². The highest BCUT2D eigenvalue weighted by molar-refractivity contribution is 7.91. The van der Waals surface area contributed by atoms with Crippen molar-refractivity contribution in [2.75, 3.05) is 73.3 Å². The first-order valence-electron chi connectivity index (χ1n) is 23.2. The Hall–Kier alpha value is -5.43. The van der Waals surface area contributed by atoms with Crippen LogP contribution in [0.15, 0.2) is 78.1 Å². The van der Waals surface area contributed by atoms with E-state index < -0.39 is 25.8 Å². The number of pyridine rings is 2. The zero-order valence-electron chi connectivity index (χ0n) is 37.5. The van der Waals surface area contributed by atoms with Crippen LogP contribution in [0, 0.1) is 5.41 Å². The maximum atomic E-state index is 14.0. The molecule has 2 aromatic carbocycles. The summed E-state index contributed by atoms with van der Waals surface area (Å²) in [6.07, 6.45) is 12.5. The summed E-state index contributed by atoms with van der Waals surface area (Å²) in [5.74, 6) is 0.531. The Kier molecular flexibility index (Phi) is 11.9. The topological polar surface area (TPSA) is 205 Å². The quantitative estimate of drug-likeness (QED) is 0.0993. The number of aromatic nitrogens is 3. The van der Waals surface area contributed by atoms with Crippen molar-refractivity contribution in [3.63, 3.8) is 0 Å². The van der Waals surface area contributed by atoms with Gasteiger partial charge in [-0.2, -0.15) is 0 Å². The maximum Gasteiger partial charge on any atom is 0.287 e. The number of ether oxygens (including phenoxy) is 2. The van der Waals surface area contributed by atoms with Crippen LogP contribution < -0.4 is 30.1 Å². The summed E-state index contributed by atoms with van der Waals surface area (Å²) >= 11 is 0. The minimum absolute atomic E-state index is 0.0948. The van der Waals surface area contributed by atoms with Crippen LogP contribution in [0.25, 0.3) is 11.0 Å². The first-order chi connectivity index (χ1) is 31.7. The minimum Gasteiger partial charge on any atom is -0.489 e. The number of sulfonamides is 1. The van der Waals surface area contributed by atoms with E-state index in [1.807, 2.05) is 6.07 Å². The molecule has 0 radical (unpaired) electrons. The van der Waals surface area contributed by atoms with Crippen LogP contribution in [-0.2, 0) is 19.9 Å². The van der Waals surface area contributed by atoms with Crippen LogP contribution in [0.5, 0.6) is 17.2 Å². The van der Waals surface area contributed by atoms with E-state index in [-0.39, 0.29) is 51.9 Å². The molecule has 2 atom stereocenters. The second-order valence-corrected chi connectivity index (χ2v) is 23.2. The lowest BCUT2D eigenvalue weighted by molar-refractivity contribution is -0.0228. The Labute approximate surface area is 386 Å². The third-order valence-electron chi connectivity index (χ3n) is 14.6. The van der Waals surface area contributed by atoms with Crippen molar-refractivity contribution < 1.29 is 31.1 Å². The largest absolute Gasteiger partial charge is 0.489 e. The number of rotatable bonds is 12. The van der Waals surface area contributed by atoms with Crippen molar-refractivity contribution in [1.29, 1.82) is 0 Å². The van der Waals surface area contributed by atoms with Gasteiger partial charge in [-0.3, -0.25) is 9.69 Å². The third-order valence-corrected chi connectivity index (χ3v) is 17.5. The summed E-state index contributed by atoms with van der Waals surface area (Å²) in [7, 11) is -7.44. The molecule has 350 valence electrons. The van der Waals surface area contributed by atoms with Gasteiger partial charge in [0.25, 0.3) is 15.9 Å². The summed E-state index contributed by atoms with van der Waals surface area (Å²) in [6, 6.07) is 18.0. The number of amides is 1. The van der Waals surface area contributed by atoms with Crippen molar-refractivity contribution in [2.24, 2.45) is 5.41 Å². The van der Waals surface area contributed by atoms with Crippen molar-refractivity contribution >= 4 is 53.9 Å². The molecule has 5 aliphatic rings. The summed E-state index contributed by atoms with van der Waals surface area (Å²) in [5, 5.41) is 4.17. The van der Waals surface area contributed by atoms with Crippen LogP contribution in [0.3, 0.4) is 0 Å². The highest BCUT2D eigenvalue weighted by Gasteiger charge is 2.50. The molecule has 1 saturated carbocycles. The highest BCUT2D eigenvalue weighted by atomic mass is 32.2. The molecule has 4 aliphatic heterocycles. The van der Waals surface area contributed by atoms with E-state index in [4.69, 9.17) is 15.2 Å². The van der Waals surface area contributed by atoms with Crippen molar-refractivity contribution in [3.05, 3.63) is 90.0 Å². The third kappa shape index (κ3) is 9.04. The van der Waals surface area contributed by atoms with Gasteiger partial charge in [-0.05, 0) is 92.1 Å². The van der Waals surface area contributed by atoms with Crippen LogP contribution >= 0.6 is 0 Å². The zero-order chi connectivity index (χ0) is 45.8. The van der Waals surface area contributed by atoms with Gasteiger partial charge in [0.05, 0.1) is 46.2 Å². The summed E-state index contributed by atoms with van der Waals surface area (Å²) in [6.45, 7) is 9.29. The van der Waals surface area contributed by atoms with Gasteiger partial charge in [-0.25, -0.2) is 31.5 Å². The van der Waals surface area contributed by atoms with Crippen LogP contribution in [0.2, 0.25) is 0 Å². The summed E-state index contributed by atoms with van der Waals surface area (Å²) in [4.78, 5) is 33.0. The number of hydrogen-bond acceptors (Lipinski definition) is 14. The fourth-order valence-corrected chi connectivity index (χ4v) is 13.1. The molecule has 1 amide bonds. The molecule has 0 unspecified atom stereocenters. The molecule has 0 bridgehead atoms. The van der Waals surface area contributed by atoms with Gasteiger partial charge in [0.15, 0.2) is 21.3 Å². The normalized spacial score (nSPS) is 22.1. The van der Waals surface area contributed by atoms with E-state index in [0.717, 1.165) is 43.5 Å². The van der Waals surface area contributed by atoms with Crippen LogP contribution in [0.1, 0.15) is 92.4 Å². The predicted octanol–water partition coefficient (Wildman–Crippen LogP) is 6.45. The Morgan fingerprint density at radius 2 is 1.80 bits per heavy atom. The second kappa shape index (κ2) is 17.7. The van der Waals surface area contributed by atoms with E-state index in [1.54, 1.807) is 30.7 Å². The highest BCUT2D eigenvalue weighted by Crippen LogP contribution is 2.54. The Morgan fingerprint density at radius 1 is 1.02 bits per heavy atom. The average Bonchev–Trinajstić information content (AvgIpc) is 3.98. The number of hydrogen-bond donors (Lipinski definition) is 4. The molecule has 3 saturated heterocycles. The number of carbonyl (C=O) groups excluding carboxylic acids is 1. The number of piperidine rings is 1. The zero-order valence-corrected chi connectivity index (χ0v) is 39.2. The van der Waals surface area contributed by atoms with E-state index in [9.17, 15) is 21.6 Å². The van der Waals surface area contributed by atoms with E-state index in [0.29, 0.717) is 66.6 Å². The maximum absolute atomic E-state index is 14.0. The van der Waals surface area contributed by atoms with Crippen LogP contribution in [-0.4, -0.2) is 117 Å². The number of fused-ring (bicyclic) bond motifs is 2. The molecule has 1 aliphatic carbocycles. The van der Waals surface area contributed by atoms with Gasteiger partial charge in [-0.15, -0.1) is 0 Å². The number of nitrogens with zero attached hydrogens (tertiary/aromatic N) is 5.